The summed E-state index contributed by atoms with van der Waals surface area (Å²) >= 11 is 0. The third-order valence-corrected chi connectivity index (χ3v) is 7.55. The Hall–Kier alpha value is -3.49. The molecule has 2 amide bonds. The Labute approximate surface area is 234 Å². The lowest BCUT2D eigenvalue weighted by Crippen LogP contribution is -2.71. The Morgan fingerprint density at radius 2 is 1.50 bits per heavy atom. The quantitative estimate of drug-likeness (QED) is 0.194. The van der Waals surface area contributed by atoms with E-state index in [0.29, 0.717) is 25.0 Å². The van der Waals surface area contributed by atoms with Crippen molar-refractivity contribution in [2.75, 3.05) is 13.7 Å². The summed E-state index contributed by atoms with van der Waals surface area (Å²) in [5, 5.41) is 0. The summed E-state index contributed by atoms with van der Waals surface area (Å²) in [6, 6.07) is 2.90. The number of carbonyl (C=O) groups is 2. The van der Waals surface area contributed by atoms with E-state index in [2.05, 4.69) is 0 Å². The van der Waals surface area contributed by atoms with Gasteiger partial charge in [0.05, 0.1) is 30.9 Å². The second-order valence-electron chi connectivity index (χ2n) is 10.1. The molecule has 0 saturated heterocycles. The third-order valence-electron chi connectivity index (χ3n) is 7.55. The number of ether oxygens (including phenoxy) is 2. The van der Waals surface area contributed by atoms with E-state index in [-0.39, 0.29) is 18.2 Å². The van der Waals surface area contributed by atoms with Crippen molar-refractivity contribution >= 4 is 17.9 Å². The Morgan fingerprint density at radius 1 is 0.929 bits per heavy atom. The molecule has 0 bridgehead atoms. The van der Waals surface area contributed by atoms with Crippen molar-refractivity contribution in [3.8, 4) is 0 Å². The first kappa shape index (κ1) is 31.4. The van der Waals surface area contributed by atoms with Gasteiger partial charge in [-0.1, -0.05) is 22.7 Å². The fraction of sp³-hybridized carbons (Fsp3) is 0.481. The van der Waals surface area contributed by atoms with Crippen LogP contribution in [0.5, 0.6) is 0 Å². The first-order valence-corrected chi connectivity index (χ1v) is 12.8. The Kier molecular flexibility index (Phi) is 8.21. The highest BCUT2D eigenvalue weighted by Crippen LogP contribution is 2.56. The van der Waals surface area contributed by atoms with Gasteiger partial charge in [0.1, 0.15) is 6.04 Å². The molecule has 0 aromatic heterocycles. The molecule has 15 heteroatoms. The van der Waals surface area contributed by atoms with E-state index in [1.165, 1.54) is 25.1 Å². The lowest BCUT2D eigenvalue weighted by atomic mass is 9.85. The van der Waals surface area contributed by atoms with Crippen molar-refractivity contribution in [1.29, 1.82) is 0 Å². The van der Waals surface area contributed by atoms with Gasteiger partial charge in [0, 0.05) is 30.5 Å². The lowest BCUT2D eigenvalue weighted by Gasteiger charge is -2.48. The maximum atomic E-state index is 15.1. The average molecular weight is 613 g/mol. The summed E-state index contributed by atoms with van der Waals surface area (Å²) in [4.78, 5) is 27.0. The molecular weight excluding hydrogens is 587 g/mol. The van der Waals surface area contributed by atoms with Gasteiger partial charge < -0.3 is 9.47 Å². The number of amides is 2. The molecule has 3 atom stereocenters. The normalized spacial score (nSPS) is 22.7. The highest BCUT2D eigenvalue weighted by Gasteiger charge is 2.73. The molecule has 1 saturated carbocycles. The van der Waals surface area contributed by atoms with E-state index in [4.69, 9.17) is 9.47 Å². The van der Waals surface area contributed by atoms with Crippen molar-refractivity contribution in [2.24, 2.45) is 5.92 Å². The van der Waals surface area contributed by atoms with E-state index in [0.717, 1.165) is 18.1 Å². The van der Waals surface area contributed by atoms with Gasteiger partial charge in [0.2, 0.25) is 0 Å². The zero-order valence-electron chi connectivity index (χ0n) is 22.2. The minimum Gasteiger partial charge on any atom is -0.453 e. The Bertz CT molecular complexity index is 1310. The average Bonchev–Trinajstić information content (AvgIpc) is 3.74. The van der Waals surface area contributed by atoms with Gasteiger partial charge in [-0.05, 0) is 43.5 Å². The third kappa shape index (κ3) is 5.62. The molecule has 0 radical (unpaired) electrons. The van der Waals surface area contributed by atoms with Crippen LogP contribution in [0.3, 0.4) is 0 Å². The number of fused-ring (bicyclic) bond motifs is 1. The molecule has 230 valence electrons. The monoisotopic (exact) mass is 613 g/mol. The summed E-state index contributed by atoms with van der Waals surface area (Å²) in [5.74, 6) is -0.628. The van der Waals surface area contributed by atoms with Crippen LogP contribution in [0.25, 0.3) is 0 Å². The van der Waals surface area contributed by atoms with Gasteiger partial charge in [0.25, 0.3) is 0 Å². The van der Waals surface area contributed by atoms with Crippen molar-refractivity contribution in [3.63, 3.8) is 0 Å². The molecule has 0 spiro atoms. The summed E-state index contributed by atoms with van der Waals surface area (Å²) in [6.45, 7) is 0.129. The van der Waals surface area contributed by atoms with E-state index in [9.17, 15) is 35.9 Å². The summed E-state index contributed by atoms with van der Waals surface area (Å²) < 4.78 is 134. The number of benzene rings is 2. The number of nitrogens with zero attached hydrogens (tertiary/aromatic N) is 2. The van der Waals surface area contributed by atoms with E-state index in [1.54, 1.807) is 0 Å². The molecule has 4 rings (SSSR count). The largest absolute Gasteiger partial charge is 0.576 e. The van der Waals surface area contributed by atoms with Crippen LogP contribution in [-0.2, 0) is 28.4 Å². The number of quaternary nitrogens is 1. The maximum absolute atomic E-state index is 15.1. The van der Waals surface area contributed by atoms with Crippen LogP contribution in [0.15, 0.2) is 42.5 Å². The van der Waals surface area contributed by atoms with Crippen LogP contribution in [-0.4, -0.2) is 43.1 Å². The SMILES string of the molecule is CCOC(=O)[N+]1(C(F)(F)F)c2ccccc2[C@@H](N(Cc2cc(C(F)(F)F)cc(C(F)(F)F)c2)C(=O)OC)C[C@H]1C1CC1. The molecule has 6 nitrogen and oxygen atoms in total. The van der Waals surface area contributed by atoms with Crippen molar-refractivity contribution in [2.45, 2.75) is 63.5 Å². The Morgan fingerprint density at radius 3 is 1.98 bits per heavy atom. The number of hydrogen-bond acceptors (Lipinski definition) is 4. The molecule has 0 N–H and O–H groups in total. The number of para-hydroxylation sites is 1. The van der Waals surface area contributed by atoms with Crippen LogP contribution in [0.4, 0.5) is 54.8 Å². The zero-order valence-corrected chi connectivity index (χ0v) is 22.2. The highest BCUT2D eigenvalue weighted by molar-refractivity contribution is 5.86. The number of alkyl halides is 9. The van der Waals surface area contributed by atoms with E-state index in [1.807, 2.05) is 0 Å². The molecule has 1 aliphatic carbocycles. The van der Waals surface area contributed by atoms with Crippen LogP contribution in [0, 0.1) is 5.92 Å². The highest BCUT2D eigenvalue weighted by atomic mass is 19.4. The number of halogens is 9. The molecule has 1 heterocycles. The second-order valence-corrected chi connectivity index (χ2v) is 10.1. The standard InChI is InChI=1S/C27H26F9N2O4/c1-3-42-24(40)38(27(34,35)36)21-7-5-4-6-19(21)20(13-22(38)16-8-9-16)37(23(39)41-2)14-15-10-17(25(28,29)30)12-18(11-15)26(31,32)33/h4-7,10-12,16,20,22H,3,8-9,13-14H2,1-2H3/q+1/t20-,22-,38?/m0/s1. The molecule has 2 aromatic carbocycles. The first-order valence-electron chi connectivity index (χ1n) is 12.8. The van der Waals surface area contributed by atoms with Crippen LogP contribution < -0.4 is 4.48 Å². The maximum Gasteiger partial charge on any atom is 0.576 e. The first-order chi connectivity index (χ1) is 19.5. The van der Waals surface area contributed by atoms with Crippen molar-refractivity contribution < 1.29 is 58.6 Å². The van der Waals surface area contributed by atoms with Gasteiger partial charge in [0.15, 0.2) is 5.69 Å². The van der Waals surface area contributed by atoms with Crippen molar-refractivity contribution in [3.05, 3.63) is 64.7 Å². The Balaban J connectivity index is 1.91. The smallest absolute Gasteiger partial charge is 0.453 e. The minimum atomic E-state index is -5.20. The molecule has 42 heavy (non-hydrogen) atoms. The molecule has 2 aliphatic rings. The van der Waals surface area contributed by atoms with Gasteiger partial charge in [-0.2, -0.15) is 31.1 Å². The number of hydrogen-bond donors (Lipinski definition) is 0. The fourth-order valence-corrected chi connectivity index (χ4v) is 5.68. The van der Waals surface area contributed by atoms with E-state index >= 15 is 13.2 Å². The molecule has 2 aromatic rings. The predicted octanol–water partition coefficient (Wildman–Crippen LogP) is 8.20. The molecule has 1 unspecified atom stereocenters. The van der Waals surface area contributed by atoms with Gasteiger partial charge in [-0.15, -0.1) is 13.2 Å². The van der Waals surface area contributed by atoms with Gasteiger partial charge in [-0.3, -0.25) is 4.90 Å². The molecular formula is C27H26F9N2O4+. The zero-order chi connectivity index (χ0) is 31.3. The van der Waals surface area contributed by atoms with Crippen LogP contribution in [0.1, 0.15) is 54.5 Å². The van der Waals surface area contributed by atoms with Gasteiger partial charge >= 0.3 is 30.8 Å². The van der Waals surface area contributed by atoms with Crippen LogP contribution in [0.2, 0.25) is 0 Å². The summed E-state index contributed by atoms with van der Waals surface area (Å²) in [7, 11) is 0.921. The topological polar surface area (TPSA) is 55.8 Å². The minimum absolute atomic E-state index is 0.0699. The summed E-state index contributed by atoms with van der Waals surface area (Å²) in [6.07, 6.45) is -18.1. The van der Waals surface area contributed by atoms with Gasteiger partial charge in [-0.25, -0.2) is 4.79 Å². The van der Waals surface area contributed by atoms with Crippen molar-refractivity contribution in [1.82, 2.24) is 9.38 Å². The fourth-order valence-electron chi connectivity index (χ4n) is 5.68. The number of carbonyl (C=O) groups excluding carboxylic acids is 2. The second kappa shape index (κ2) is 11.0. The molecule has 1 aliphatic heterocycles. The lowest BCUT2D eigenvalue weighted by molar-refractivity contribution is -0.241. The number of rotatable bonds is 5. The van der Waals surface area contributed by atoms with E-state index < -0.39 is 88.7 Å². The predicted molar refractivity (Wildman–Crippen MR) is 130 cm³/mol. The summed E-state index contributed by atoms with van der Waals surface area (Å²) in [5.41, 5.74) is -4.53. The number of methoxy groups -OCH3 is 1. The molecule has 1 fully saturated rings. The van der Waals surface area contributed by atoms with Crippen LogP contribution >= 0.6 is 0 Å².